The van der Waals surface area contributed by atoms with Crippen molar-refractivity contribution in [1.82, 2.24) is 0 Å². The molecule has 0 fully saturated rings. The highest BCUT2D eigenvalue weighted by Gasteiger charge is 2.39. The summed E-state index contributed by atoms with van der Waals surface area (Å²) in [6.07, 6.45) is 7.61. The summed E-state index contributed by atoms with van der Waals surface area (Å²) in [5.74, 6) is 1.82. The molecule has 1 aromatic rings. The summed E-state index contributed by atoms with van der Waals surface area (Å²) < 4.78 is 6.18. The van der Waals surface area contributed by atoms with Crippen LogP contribution in [0.15, 0.2) is 46.9 Å². The molecule has 0 atom stereocenters. The number of ether oxygens (including phenoxy) is 1. The summed E-state index contributed by atoms with van der Waals surface area (Å²) in [7, 11) is 0. The Morgan fingerprint density at radius 3 is 2.15 bits per heavy atom. The average Bonchev–Trinajstić information content (AvgIpc) is 2.77. The predicted octanol–water partition coefficient (Wildman–Crippen LogP) is 6.59. The maximum absolute atomic E-state index is 9.37. The number of anilines is 1. The van der Waals surface area contributed by atoms with Gasteiger partial charge in [-0.05, 0) is 64.5 Å². The van der Waals surface area contributed by atoms with E-state index in [1.54, 1.807) is 0 Å². The zero-order chi connectivity index (χ0) is 24.0. The predicted molar refractivity (Wildman–Crippen MR) is 133 cm³/mol. The standard InChI is InChI=1S/C29H35N3O/c1-19(2)26-16-21(22(17-30)18-31)15-23(33-26)8-7-20-13-24-27-25(14-20)29(5,6)10-12-32(27)11-9-28(24,3)4/h8,13-14,16,19H,7,9-12,15H2,1-6H3. The van der Waals surface area contributed by atoms with Gasteiger partial charge in [0, 0.05) is 31.1 Å². The molecule has 4 heteroatoms. The quantitative estimate of drug-likeness (QED) is 0.497. The third kappa shape index (κ3) is 4.32. The van der Waals surface area contributed by atoms with Crippen molar-refractivity contribution in [3.63, 3.8) is 0 Å². The van der Waals surface area contributed by atoms with E-state index >= 15 is 0 Å². The second-order valence-corrected chi connectivity index (χ2v) is 11.3. The molecule has 0 aromatic heterocycles. The molecule has 3 aliphatic rings. The summed E-state index contributed by atoms with van der Waals surface area (Å²) in [4.78, 5) is 2.59. The van der Waals surface area contributed by atoms with Gasteiger partial charge < -0.3 is 9.64 Å². The Kier molecular flexibility index (Phi) is 5.92. The van der Waals surface area contributed by atoms with Gasteiger partial charge in [-0.15, -0.1) is 0 Å². The van der Waals surface area contributed by atoms with E-state index in [2.05, 4.69) is 64.7 Å². The zero-order valence-corrected chi connectivity index (χ0v) is 20.9. The topological polar surface area (TPSA) is 60.0 Å². The number of hydrogen-bond donors (Lipinski definition) is 0. The highest BCUT2D eigenvalue weighted by Crippen LogP contribution is 2.49. The Morgan fingerprint density at radius 1 is 1.06 bits per heavy atom. The molecule has 0 unspecified atom stereocenters. The van der Waals surface area contributed by atoms with Crippen LogP contribution in [0.1, 0.15) is 77.5 Å². The molecular formula is C29H35N3O. The van der Waals surface area contributed by atoms with Gasteiger partial charge in [-0.2, -0.15) is 10.5 Å². The van der Waals surface area contributed by atoms with Crippen molar-refractivity contribution < 1.29 is 4.74 Å². The molecule has 4 nitrogen and oxygen atoms in total. The maximum atomic E-state index is 9.37. The van der Waals surface area contributed by atoms with Gasteiger partial charge in [-0.3, -0.25) is 0 Å². The van der Waals surface area contributed by atoms with E-state index in [4.69, 9.17) is 4.74 Å². The molecule has 3 aliphatic heterocycles. The molecule has 172 valence electrons. The Bertz CT molecular complexity index is 1090. The first-order chi connectivity index (χ1) is 15.6. The molecule has 0 amide bonds. The van der Waals surface area contributed by atoms with Gasteiger partial charge in [0.25, 0.3) is 0 Å². The molecule has 0 bridgehead atoms. The molecule has 33 heavy (non-hydrogen) atoms. The van der Waals surface area contributed by atoms with Crippen LogP contribution in [0.5, 0.6) is 0 Å². The van der Waals surface area contributed by atoms with Gasteiger partial charge in [-0.25, -0.2) is 0 Å². The van der Waals surface area contributed by atoms with Crippen molar-refractivity contribution in [3.05, 3.63) is 63.6 Å². The summed E-state index contributed by atoms with van der Waals surface area (Å²) in [6, 6.07) is 8.88. The molecule has 4 rings (SSSR count). The number of hydrogen-bond acceptors (Lipinski definition) is 4. The van der Waals surface area contributed by atoms with Crippen LogP contribution in [0.3, 0.4) is 0 Å². The Hall–Kier alpha value is -2.98. The fraction of sp³-hybridized carbons (Fsp3) is 0.517. The second-order valence-electron chi connectivity index (χ2n) is 11.3. The highest BCUT2D eigenvalue weighted by atomic mass is 16.5. The second kappa shape index (κ2) is 8.42. The van der Waals surface area contributed by atoms with Gasteiger partial charge in [0.05, 0.1) is 0 Å². The van der Waals surface area contributed by atoms with E-state index in [9.17, 15) is 10.5 Å². The number of benzene rings is 1. The van der Waals surface area contributed by atoms with Crippen molar-refractivity contribution >= 4 is 5.69 Å². The van der Waals surface area contributed by atoms with Crippen molar-refractivity contribution in [2.75, 3.05) is 18.0 Å². The van der Waals surface area contributed by atoms with Gasteiger partial charge >= 0.3 is 0 Å². The van der Waals surface area contributed by atoms with E-state index in [1.165, 1.54) is 35.2 Å². The first kappa shape index (κ1) is 23.2. The Morgan fingerprint density at radius 2 is 1.64 bits per heavy atom. The lowest BCUT2D eigenvalue weighted by molar-refractivity contribution is 0.249. The summed E-state index contributed by atoms with van der Waals surface area (Å²) in [5, 5.41) is 18.7. The minimum Gasteiger partial charge on any atom is -0.466 e. The van der Waals surface area contributed by atoms with Crippen LogP contribution in [-0.2, 0) is 22.0 Å². The minimum absolute atomic E-state index is 0.163. The summed E-state index contributed by atoms with van der Waals surface area (Å²) in [6.45, 7) is 15.9. The number of nitrogens with zero attached hydrogens (tertiary/aromatic N) is 3. The SMILES string of the molecule is CC(C)C1=CC(=C(C#N)C#N)CC(=CCc2cc3c4c(c2)C(C)(C)CCN4CCC3(C)C)O1. The van der Waals surface area contributed by atoms with Gasteiger partial charge in [0.2, 0.25) is 0 Å². The molecule has 0 saturated heterocycles. The molecule has 0 N–H and O–H groups in total. The van der Waals surface area contributed by atoms with Gasteiger partial charge in [-0.1, -0.05) is 53.7 Å². The number of rotatable bonds is 3. The highest BCUT2D eigenvalue weighted by molar-refractivity contribution is 5.68. The van der Waals surface area contributed by atoms with E-state index in [0.717, 1.165) is 36.6 Å². The van der Waals surface area contributed by atoms with E-state index in [-0.39, 0.29) is 22.3 Å². The summed E-state index contributed by atoms with van der Waals surface area (Å²) in [5.41, 5.74) is 6.96. The van der Waals surface area contributed by atoms with Crippen molar-refractivity contribution in [1.29, 1.82) is 10.5 Å². The van der Waals surface area contributed by atoms with Crippen LogP contribution in [0, 0.1) is 28.6 Å². The third-order valence-electron chi connectivity index (χ3n) is 7.57. The smallest absolute Gasteiger partial charge is 0.133 e. The van der Waals surface area contributed by atoms with E-state index in [1.807, 2.05) is 18.2 Å². The van der Waals surface area contributed by atoms with E-state index < -0.39 is 0 Å². The van der Waals surface area contributed by atoms with Crippen molar-refractivity contribution in [3.8, 4) is 12.1 Å². The zero-order valence-electron chi connectivity index (χ0n) is 20.9. The monoisotopic (exact) mass is 441 g/mol. The molecule has 0 radical (unpaired) electrons. The fourth-order valence-electron chi connectivity index (χ4n) is 5.20. The van der Waals surface area contributed by atoms with Gasteiger partial charge in [0.1, 0.15) is 29.2 Å². The Labute approximate surface area is 198 Å². The lowest BCUT2D eigenvalue weighted by atomic mass is 9.69. The van der Waals surface area contributed by atoms with Crippen LogP contribution in [0.25, 0.3) is 0 Å². The Balaban J connectivity index is 1.72. The largest absolute Gasteiger partial charge is 0.466 e. The molecular weight excluding hydrogens is 406 g/mol. The molecule has 1 aromatic carbocycles. The molecule has 0 aliphatic carbocycles. The minimum atomic E-state index is 0.163. The first-order valence-electron chi connectivity index (χ1n) is 12.1. The van der Waals surface area contributed by atoms with Crippen LogP contribution in [0.2, 0.25) is 0 Å². The van der Waals surface area contributed by atoms with Crippen molar-refractivity contribution in [2.24, 2.45) is 5.92 Å². The fourth-order valence-corrected chi connectivity index (χ4v) is 5.20. The van der Waals surface area contributed by atoms with Crippen LogP contribution in [-0.4, -0.2) is 13.1 Å². The normalized spacial score (nSPS) is 21.6. The maximum Gasteiger partial charge on any atom is 0.133 e. The van der Waals surface area contributed by atoms with E-state index in [0.29, 0.717) is 6.42 Å². The third-order valence-corrected chi connectivity index (χ3v) is 7.57. The summed E-state index contributed by atoms with van der Waals surface area (Å²) >= 11 is 0. The van der Waals surface area contributed by atoms with Gasteiger partial charge in [0.15, 0.2) is 0 Å². The first-order valence-corrected chi connectivity index (χ1v) is 12.1. The lowest BCUT2D eigenvalue weighted by Crippen LogP contribution is -2.44. The average molecular weight is 442 g/mol. The van der Waals surface area contributed by atoms with Crippen LogP contribution < -0.4 is 4.90 Å². The molecule has 0 spiro atoms. The van der Waals surface area contributed by atoms with Crippen molar-refractivity contribution in [2.45, 2.75) is 78.1 Å². The molecule has 0 saturated carbocycles. The lowest BCUT2D eigenvalue weighted by Gasteiger charge is -2.48. The van der Waals surface area contributed by atoms with Crippen LogP contribution in [0.4, 0.5) is 5.69 Å². The number of nitriles is 2. The molecule has 3 heterocycles. The van der Waals surface area contributed by atoms with Crippen LogP contribution >= 0.6 is 0 Å². The number of allylic oxidation sites excluding steroid dienone is 5.